The summed E-state index contributed by atoms with van der Waals surface area (Å²) in [6.45, 7) is 0. The molecule has 1 rings (SSSR count). The summed E-state index contributed by atoms with van der Waals surface area (Å²) in [5.41, 5.74) is 0. The molecule has 9 heavy (non-hydrogen) atoms. The van der Waals surface area contributed by atoms with Crippen LogP contribution in [0.2, 0.25) is 0 Å². The SMILES string of the molecule is N[As](=O)c1ccccc1. The zero-order chi connectivity index (χ0) is 6.69. The minimum absolute atomic E-state index is 0.782. The van der Waals surface area contributed by atoms with Gasteiger partial charge in [-0.15, -0.1) is 0 Å². The Morgan fingerprint density at radius 1 is 1.22 bits per heavy atom. The van der Waals surface area contributed by atoms with E-state index < -0.39 is 14.8 Å². The first-order chi connectivity index (χ1) is 4.30. The molecule has 2 nitrogen and oxygen atoms in total. The van der Waals surface area contributed by atoms with Crippen LogP contribution in [0.15, 0.2) is 30.3 Å². The Bertz CT molecular complexity index is 210. The van der Waals surface area contributed by atoms with Gasteiger partial charge in [-0.2, -0.15) is 0 Å². The number of nitrogens with two attached hydrogens (primary N) is 1. The summed E-state index contributed by atoms with van der Waals surface area (Å²) >= 11 is -2.34. The van der Waals surface area contributed by atoms with Gasteiger partial charge >= 0.3 is 57.9 Å². The van der Waals surface area contributed by atoms with Crippen molar-refractivity contribution >= 4 is 19.2 Å². The van der Waals surface area contributed by atoms with Crippen molar-refractivity contribution < 1.29 is 3.74 Å². The summed E-state index contributed by atoms with van der Waals surface area (Å²) in [5.74, 6) is 0. The normalized spacial score (nSPS) is 11.0. The predicted molar refractivity (Wildman–Crippen MR) is 36.7 cm³/mol. The van der Waals surface area contributed by atoms with E-state index in [4.69, 9.17) is 4.65 Å². The Balaban J connectivity index is 2.98. The average molecular weight is 184 g/mol. The number of rotatable bonds is 1. The van der Waals surface area contributed by atoms with E-state index in [-0.39, 0.29) is 0 Å². The average Bonchev–Trinajstić information content (AvgIpc) is 1.90. The van der Waals surface area contributed by atoms with Gasteiger partial charge < -0.3 is 0 Å². The van der Waals surface area contributed by atoms with Gasteiger partial charge in [0.1, 0.15) is 0 Å². The molecule has 0 aliphatic carbocycles. The van der Waals surface area contributed by atoms with Crippen LogP contribution in [0.3, 0.4) is 0 Å². The molecule has 0 saturated carbocycles. The third-order valence-electron chi connectivity index (χ3n) is 1.01. The van der Waals surface area contributed by atoms with E-state index in [1.807, 2.05) is 18.2 Å². The van der Waals surface area contributed by atoms with E-state index >= 15 is 0 Å². The number of benzene rings is 1. The van der Waals surface area contributed by atoms with Crippen LogP contribution in [-0.2, 0) is 3.74 Å². The monoisotopic (exact) mass is 184 g/mol. The van der Waals surface area contributed by atoms with Gasteiger partial charge in [-0.1, -0.05) is 0 Å². The van der Waals surface area contributed by atoms with Crippen LogP contribution >= 0.6 is 0 Å². The third-order valence-corrected chi connectivity index (χ3v) is 2.70. The van der Waals surface area contributed by atoms with E-state index in [0.29, 0.717) is 0 Å². The molecule has 0 saturated heterocycles. The topological polar surface area (TPSA) is 43.1 Å². The molecular formula is C6H7AsNO. The first kappa shape index (κ1) is 6.66. The summed E-state index contributed by atoms with van der Waals surface area (Å²) in [4.78, 5) is 0. The molecular weight excluding hydrogens is 177 g/mol. The van der Waals surface area contributed by atoms with Crippen molar-refractivity contribution in [2.24, 2.45) is 4.65 Å². The van der Waals surface area contributed by atoms with E-state index in [1.165, 1.54) is 0 Å². The second-order valence-electron chi connectivity index (χ2n) is 1.66. The first-order valence-electron chi connectivity index (χ1n) is 2.58. The Hall–Kier alpha value is -0.462. The molecule has 2 N–H and O–H groups in total. The Morgan fingerprint density at radius 3 is 2.11 bits per heavy atom. The molecule has 0 fully saturated rings. The molecule has 1 aromatic rings. The summed E-state index contributed by atoms with van der Waals surface area (Å²) in [5, 5.41) is 0. The van der Waals surface area contributed by atoms with E-state index in [2.05, 4.69) is 0 Å². The van der Waals surface area contributed by atoms with Crippen LogP contribution in [0.25, 0.3) is 0 Å². The van der Waals surface area contributed by atoms with Crippen molar-refractivity contribution in [1.29, 1.82) is 0 Å². The van der Waals surface area contributed by atoms with Crippen LogP contribution in [0, 0.1) is 0 Å². The molecule has 3 heteroatoms. The van der Waals surface area contributed by atoms with Gasteiger partial charge in [-0.25, -0.2) is 0 Å². The molecule has 0 bridgehead atoms. The maximum atomic E-state index is 10.7. The molecule has 0 aromatic heterocycles. The molecule has 1 unspecified atom stereocenters. The molecule has 1 atom stereocenters. The van der Waals surface area contributed by atoms with Crippen LogP contribution in [0.1, 0.15) is 0 Å². The van der Waals surface area contributed by atoms with Gasteiger partial charge in [0.25, 0.3) is 0 Å². The van der Waals surface area contributed by atoms with Crippen molar-refractivity contribution in [3.63, 3.8) is 0 Å². The molecule has 1 radical (unpaired) electrons. The number of hydrogen-bond donors (Lipinski definition) is 1. The van der Waals surface area contributed by atoms with Crippen molar-refractivity contribution in [3.05, 3.63) is 30.3 Å². The Labute approximate surface area is 58.4 Å². The maximum absolute atomic E-state index is 10.7. The fraction of sp³-hybridized carbons (Fsp3) is 0. The standard InChI is InChI=1S/C6H7AsNO/c8-7(9)6-4-2-1-3-5-6/h1-5H,(H2,8,9). The second kappa shape index (κ2) is 2.90. The van der Waals surface area contributed by atoms with E-state index in [9.17, 15) is 3.74 Å². The molecule has 0 amide bonds. The molecule has 1 aromatic carbocycles. The molecule has 47 valence electrons. The summed E-state index contributed by atoms with van der Waals surface area (Å²) in [6.07, 6.45) is 0. The third kappa shape index (κ3) is 1.74. The van der Waals surface area contributed by atoms with Gasteiger partial charge in [-0.05, 0) is 0 Å². The molecule has 0 heterocycles. The fourth-order valence-electron chi connectivity index (χ4n) is 0.575. The number of hydrogen-bond acceptors (Lipinski definition) is 1. The first-order valence-corrected chi connectivity index (χ1v) is 5.36. The van der Waals surface area contributed by atoms with Gasteiger partial charge in [-0.3, -0.25) is 0 Å². The van der Waals surface area contributed by atoms with E-state index in [0.717, 1.165) is 4.35 Å². The van der Waals surface area contributed by atoms with Gasteiger partial charge in [0.05, 0.1) is 0 Å². The van der Waals surface area contributed by atoms with Crippen LogP contribution < -0.4 is 9.00 Å². The van der Waals surface area contributed by atoms with Crippen molar-refractivity contribution in [2.75, 3.05) is 0 Å². The zero-order valence-electron chi connectivity index (χ0n) is 4.82. The van der Waals surface area contributed by atoms with Crippen molar-refractivity contribution in [2.45, 2.75) is 0 Å². The molecule has 0 aliphatic heterocycles. The van der Waals surface area contributed by atoms with Crippen LogP contribution in [0.5, 0.6) is 0 Å². The summed E-state index contributed by atoms with van der Waals surface area (Å²) in [7, 11) is 0. The zero-order valence-corrected chi connectivity index (χ0v) is 6.70. The Morgan fingerprint density at radius 2 is 1.78 bits per heavy atom. The van der Waals surface area contributed by atoms with Crippen LogP contribution in [-0.4, -0.2) is 14.8 Å². The minimum atomic E-state index is -2.34. The Kier molecular flexibility index (Phi) is 2.15. The second-order valence-corrected chi connectivity index (χ2v) is 4.11. The van der Waals surface area contributed by atoms with Crippen LogP contribution in [0.4, 0.5) is 0 Å². The van der Waals surface area contributed by atoms with Crippen molar-refractivity contribution in [1.82, 2.24) is 0 Å². The predicted octanol–water partition coefficient (Wildman–Crippen LogP) is -0.229. The fourth-order valence-corrected chi connectivity index (χ4v) is 1.55. The molecule has 0 spiro atoms. The van der Waals surface area contributed by atoms with E-state index in [1.54, 1.807) is 12.1 Å². The summed E-state index contributed by atoms with van der Waals surface area (Å²) < 4.78 is 16.6. The van der Waals surface area contributed by atoms with Gasteiger partial charge in [0, 0.05) is 0 Å². The van der Waals surface area contributed by atoms with Gasteiger partial charge in [0.15, 0.2) is 0 Å². The molecule has 0 aliphatic rings. The van der Waals surface area contributed by atoms with Crippen molar-refractivity contribution in [3.8, 4) is 0 Å². The quantitative estimate of drug-likeness (QED) is 0.612. The van der Waals surface area contributed by atoms with Gasteiger partial charge in [0.2, 0.25) is 0 Å². The summed E-state index contributed by atoms with van der Waals surface area (Å²) in [6, 6.07) is 9.12.